The number of ether oxygens (including phenoxy) is 1. The van der Waals surface area contributed by atoms with Crippen LogP contribution in [-0.2, 0) is 13.6 Å². The Morgan fingerprint density at radius 2 is 1.00 bits per heavy atom. The van der Waals surface area contributed by atoms with Crippen LogP contribution in [0.1, 0.15) is 55.4 Å². The van der Waals surface area contributed by atoms with Gasteiger partial charge in [0.15, 0.2) is 16.6 Å². The highest BCUT2D eigenvalue weighted by Crippen LogP contribution is 2.38. The third kappa shape index (κ3) is 7.82. The molecule has 0 aromatic heterocycles. The third-order valence-corrected chi connectivity index (χ3v) is 14.3. The van der Waals surface area contributed by atoms with E-state index in [-0.39, 0.29) is 22.3 Å². The summed E-state index contributed by atoms with van der Waals surface area (Å²) in [6, 6.07) is 0. The van der Waals surface area contributed by atoms with Crippen LogP contribution in [0.3, 0.4) is 0 Å². The van der Waals surface area contributed by atoms with Gasteiger partial charge in [0.25, 0.3) is 0 Å². The van der Waals surface area contributed by atoms with Gasteiger partial charge in [0.1, 0.15) is 6.10 Å². The van der Waals surface area contributed by atoms with Crippen LogP contribution in [0.4, 0.5) is 0 Å². The molecular formula is C18H42O3Si2. The lowest BCUT2D eigenvalue weighted by atomic mass is 10.2. The zero-order valence-electron chi connectivity index (χ0n) is 17.8. The highest BCUT2D eigenvalue weighted by molar-refractivity contribution is 6.74. The van der Waals surface area contributed by atoms with Crippen molar-refractivity contribution in [1.29, 1.82) is 0 Å². The summed E-state index contributed by atoms with van der Waals surface area (Å²) >= 11 is 0. The summed E-state index contributed by atoms with van der Waals surface area (Å²) < 4.78 is 18.8. The first kappa shape index (κ1) is 23.3. The molecular weight excluding hydrogens is 320 g/mol. The van der Waals surface area contributed by atoms with Crippen molar-refractivity contribution in [3.63, 3.8) is 0 Å². The molecule has 0 unspecified atom stereocenters. The van der Waals surface area contributed by atoms with Crippen molar-refractivity contribution in [3.8, 4) is 0 Å². The molecule has 0 amide bonds. The summed E-state index contributed by atoms with van der Waals surface area (Å²) in [5.41, 5.74) is 0. The Kier molecular flexibility index (Phi) is 8.24. The summed E-state index contributed by atoms with van der Waals surface area (Å²) in [7, 11) is -3.51. The van der Waals surface area contributed by atoms with E-state index in [2.05, 4.69) is 81.6 Å². The Bertz CT molecular complexity index is 322. The smallest absolute Gasteiger partial charge is 0.192 e. The lowest BCUT2D eigenvalue weighted by molar-refractivity contribution is -0.0439. The van der Waals surface area contributed by atoms with Crippen LogP contribution in [-0.4, -0.2) is 42.1 Å². The normalized spacial score (nSPS) is 14.9. The molecule has 140 valence electrons. The quantitative estimate of drug-likeness (QED) is 0.509. The van der Waals surface area contributed by atoms with E-state index in [4.69, 9.17) is 13.6 Å². The van der Waals surface area contributed by atoms with Crippen LogP contribution in [0.5, 0.6) is 0 Å². The van der Waals surface area contributed by atoms with Gasteiger partial charge in [-0.1, -0.05) is 41.5 Å². The maximum Gasteiger partial charge on any atom is 0.192 e. The summed E-state index contributed by atoms with van der Waals surface area (Å²) in [5.74, 6) is 0. The van der Waals surface area contributed by atoms with Crippen molar-refractivity contribution in [2.75, 3.05) is 13.2 Å². The highest BCUT2D eigenvalue weighted by Gasteiger charge is 2.39. The first-order chi connectivity index (χ1) is 9.99. The van der Waals surface area contributed by atoms with Gasteiger partial charge in [-0.2, -0.15) is 0 Å². The third-order valence-electron chi connectivity index (χ3n) is 5.34. The fourth-order valence-corrected chi connectivity index (χ4v) is 3.62. The minimum atomic E-state index is -1.75. The average molecular weight is 363 g/mol. The number of rotatable bonds is 8. The molecule has 0 saturated heterocycles. The van der Waals surface area contributed by atoms with Gasteiger partial charge in [-0.05, 0) is 50.1 Å². The Balaban J connectivity index is 4.79. The number of hydrogen-bond donors (Lipinski definition) is 0. The molecule has 0 spiro atoms. The molecule has 3 nitrogen and oxygen atoms in total. The lowest BCUT2D eigenvalue weighted by Gasteiger charge is -2.39. The molecule has 23 heavy (non-hydrogen) atoms. The van der Waals surface area contributed by atoms with Crippen LogP contribution in [0.25, 0.3) is 0 Å². The van der Waals surface area contributed by atoms with Crippen molar-refractivity contribution < 1.29 is 13.6 Å². The molecule has 0 rings (SSSR count). The molecule has 5 heteroatoms. The topological polar surface area (TPSA) is 27.7 Å². The Morgan fingerprint density at radius 1 is 0.696 bits per heavy atom. The monoisotopic (exact) mass is 362 g/mol. The summed E-state index contributed by atoms with van der Waals surface area (Å²) in [6.07, 6.45) is 0.198. The van der Waals surface area contributed by atoms with E-state index in [1.807, 2.05) is 0 Å². The molecule has 0 radical (unpaired) electrons. The van der Waals surface area contributed by atoms with Gasteiger partial charge >= 0.3 is 0 Å². The van der Waals surface area contributed by atoms with Gasteiger partial charge in [0.2, 0.25) is 0 Å². The van der Waals surface area contributed by atoms with Crippen LogP contribution in [0, 0.1) is 0 Å². The van der Waals surface area contributed by atoms with Crippen molar-refractivity contribution in [2.24, 2.45) is 0 Å². The van der Waals surface area contributed by atoms with Crippen LogP contribution >= 0.6 is 0 Å². The van der Waals surface area contributed by atoms with Crippen LogP contribution in [0.2, 0.25) is 36.3 Å². The van der Waals surface area contributed by atoms with Crippen molar-refractivity contribution in [3.05, 3.63) is 0 Å². The van der Waals surface area contributed by atoms with E-state index < -0.39 is 16.6 Å². The maximum absolute atomic E-state index is 6.36. The molecule has 0 aromatic rings. The molecule has 0 aliphatic carbocycles. The predicted molar refractivity (Wildman–Crippen MR) is 106 cm³/mol. The SMILES string of the molecule is CC(C)OC(CO[Si](C)(C)C(C)(C)C)CO[Si](C)(C)C(C)(C)C. The van der Waals surface area contributed by atoms with E-state index in [1.54, 1.807) is 0 Å². The zero-order chi connectivity index (χ0) is 18.7. The van der Waals surface area contributed by atoms with E-state index >= 15 is 0 Å². The van der Waals surface area contributed by atoms with E-state index in [0.29, 0.717) is 13.2 Å². The highest BCUT2D eigenvalue weighted by atomic mass is 28.4. The second-order valence-corrected chi connectivity index (χ2v) is 19.6. The Hall–Kier alpha value is 0.314. The molecule has 0 fully saturated rings. The van der Waals surface area contributed by atoms with Crippen LogP contribution < -0.4 is 0 Å². The zero-order valence-corrected chi connectivity index (χ0v) is 19.8. The van der Waals surface area contributed by atoms with Crippen molar-refractivity contribution >= 4 is 16.6 Å². The van der Waals surface area contributed by atoms with Crippen LogP contribution in [0.15, 0.2) is 0 Å². The minimum Gasteiger partial charge on any atom is -0.414 e. The summed E-state index contributed by atoms with van der Waals surface area (Å²) in [5, 5.41) is 0.436. The van der Waals surface area contributed by atoms with E-state index in [1.165, 1.54) is 0 Å². The molecule has 0 atom stereocenters. The van der Waals surface area contributed by atoms with Crippen molar-refractivity contribution in [1.82, 2.24) is 0 Å². The molecule has 0 aromatic carbocycles. The Labute approximate surface area is 147 Å². The molecule has 0 aliphatic heterocycles. The van der Waals surface area contributed by atoms with Gasteiger partial charge in [0, 0.05) is 0 Å². The fraction of sp³-hybridized carbons (Fsp3) is 1.00. The molecule has 0 aliphatic rings. The summed E-state index contributed by atoms with van der Waals surface area (Å²) in [4.78, 5) is 0. The molecule has 0 heterocycles. The average Bonchev–Trinajstić information content (AvgIpc) is 2.29. The summed E-state index contributed by atoms with van der Waals surface area (Å²) in [6.45, 7) is 28.2. The van der Waals surface area contributed by atoms with E-state index in [0.717, 1.165) is 0 Å². The van der Waals surface area contributed by atoms with Gasteiger partial charge in [-0.3, -0.25) is 0 Å². The first-order valence-electron chi connectivity index (χ1n) is 8.93. The molecule has 0 bridgehead atoms. The first-order valence-corrected chi connectivity index (χ1v) is 14.7. The number of hydrogen-bond acceptors (Lipinski definition) is 3. The van der Waals surface area contributed by atoms with Gasteiger partial charge in [-0.25, -0.2) is 0 Å². The lowest BCUT2D eigenvalue weighted by Crippen LogP contribution is -2.46. The molecule has 0 N–H and O–H groups in total. The second-order valence-electron chi connectivity index (χ2n) is 9.95. The fourth-order valence-electron chi connectivity index (χ4n) is 1.55. The molecule has 0 saturated carbocycles. The van der Waals surface area contributed by atoms with Gasteiger partial charge in [-0.15, -0.1) is 0 Å². The Morgan fingerprint density at radius 3 is 1.22 bits per heavy atom. The largest absolute Gasteiger partial charge is 0.414 e. The minimum absolute atomic E-state index is 0.0123. The van der Waals surface area contributed by atoms with Crippen molar-refractivity contribution in [2.45, 2.75) is 104 Å². The standard InChI is InChI=1S/C18H42O3Si2/c1-15(2)21-16(13-19-22(9,10)17(3,4)5)14-20-23(11,12)18(6,7)8/h15-16H,13-14H2,1-12H3. The maximum atomic E-state index is 6.36. The van der Waals surface area contributed by atoms with Gasteiger partial charge in [0.05, 0.1) is 19.3 Å². The van der Waals surface area contributed by atoms with Gasteiger partial charge < -0.3 is 13.6 Å². The predicted octanol–water partition coefficient (Wildman–Crippen LogP) is 5.82. The second kappa shape index (κ2) is 8.13. The van der Waals surface area contributed by atoms with E-state index in [9.17, 15) is 0 Å².